The molecule has 0 bridgehead atoms. The summed E-state index contributed by atoms with van der Waals surface area (Å²) in [5.74, 6) is 0.335. The van der Waals surface area contributed by atoms with Crippen LogP contribution in [0.2, 0.25) is 5.02 Å². The highest BCUT2D eigenvalue weighted by atomic mass is 35.5. The molecule has 1 atom stereocenters. The minimum atomic E-state index is -0.973. The van der Waals surface area contributed by atoms with Crippen molar-refractivity contribution in [2.45, 2.75) is 18.6 Å². The van der Waals surface area contributed by atoms with Crippen molar-refractivity contribution in [3.8, 4) is 0 Å². The number of carbonyl (C=O) groups is 1. The second-order valence-electron chi connectivity index (χ2n) is 5.06. The van der Waals surface area contributed by atoms with Gasteiger partial charge >= 0.3 is 0 Å². The van der Waals surface area contributed by atoms with Crippen molar-refractivity contribution in [1.29, 1.82) is 0 Å². The molecule has 2 aromatic carbocycles. The van der Waals surface area contributed by atoms with Crippen LogP contribution in [0.4, 0.5) is 5.69 Å². The Morgan fingerprint density at radius 1 is 1.18 bits per heavy atom. The van der Waals surface area contributed by atoms with Gasteiger partial charge in [-0.2, -0.15) is 0 Å². The average molecular weight is 336 g/mol. The molecule has 0 aliphatic carbocycles. The molecule has 5 heteroatoms. The number of hydrogen-bond donors (Lipinski definition) is 1. The van der Waals surface area contributed by atoms with Gasteiger partial charge < -0.3 is 5.32 Å². The van der Waals surface area contributed by atoms with Gasteiger partial charge in [0.15, 0.2) is 0 Å². The Hall–Kier alpha value is -1.65. The second-order valence-corrected chi connectivity index (χ2v) is 6.90. The van der Waals surface area contributed by atoms with Crippen LogP contribution < -0.4 is 5.32 Å². The standard InChI is InChI=1S/C17H18ClNO2S/c1-22(21)12-14-11-15(8-9-16(14)18)19-17(20)10-7-13-5-3-2-4-6-13/h2-6,8-9,11H,7,10,12H2,1H3,(H,19,20). The van der Waals surface area contributed by atoms with Crippen molar-refractivity contribution in [3.05, 3.63) is 64.7 Å². The van der Waals surface area contributed by atoms with Crippen LogP contribution in [-0.2, 0) is 27.8 Å². The van der Waals surface area contributed by atoms with Gasteiger partial charge in [-0.3, -0.25) is 9.00 Å². The van der Waals surface area contributed by atoms with Crippen LogP contribution in [-0.4, -0.2) is 16.4 Å². The Morgan fingerprint density at radius 3 is 2.59 bits per heavy atom. The van der Waals surface area contributed by atoms with E-state index >= 15 is 0 Å². The van der Waals surface area contributed by atoms with Gasteiger partial charge in [-0.15, -0.1) is 0 Å². The van der Waals surface area contributed by atoms with Crippen molar-refractivity contribution in [2.75, 3.05) is 11.6 Å². The molecule has 1 unspecified atom stereocenters. The van der Waals surface area contributed by atoms with Crippen molar-refractivity contribution in [1.82, 2.24) is 0 Å². The molecule has 0 saturated heterocycles. The Balaban J connectivity index is 1.95. The highest BCUT2D eigenvalue weighted by molar-refractivity contribution is 7.83. The van der Waals surface area contributed by atoms with E-state index in [4.69, 9.17) is 11.6 Å². The first-order chi connectivity index (χ1) is 10.5. The van der Waals surface area contributed by atoms with Crippen LogP contribution in [0.3, 0.4) is 0 Å². The van der Waals surface area contributed by atoms with Gasteiger partial charge in [0.1, 0.15) is 0 Å². The Kier molecular flexibility index (Phi) is 6.16. The lowest BCUT2D eigenvalue weighted by Gasteiger charge is -2.09. The molecule has 0 spiro atoms. The van der Waals surface area contributed by atoms with Gasteiger partial charge in [-0.25, -0.2) is 0 Å². The third-order valence-electron chi connectivity index (χ3n) is 3.17. The summed E-state index contributed by atoms with van der Waals surface area (Å²) >= 11 is 6.07. The molecule has 0 saturated carbocycles. The third kappa shape index (κ3) is 5.28. The van der Waals surface area contributed by atoms with E-state index in [-0.39, 0.29) is 5.91 Å². The molecule has 0 aromatic heterocycles. The summed E-state index contributed by atoms with van der Waals surface area (Å²) < 4.78 is 11.3. The quantitative estimate of drug-likeness (QED) is 0.873. The Bertz CT molecular complexity index is 674. The predicted molar refractivity (Wildman–Crippen MR) is 92.6 cm³/mol. The van der Waals surface area contributed by atoms with Crippen LogP contribution >= 0.6 is 11.6 Å². The maximum Gasteiger partial charge on any atom is 0.224 e. The first-order valence-corrected chi connectivity index (χ1v) is 9.07. The van der Waals surface area contributed by atoms with E-state index in [9.17, 15) is 9.00 Å². The molecule has 0 heterocycles. The Morgan fingerprint density at radius 2 is 1.91 bits per heavy atom. The van der Waals surface area contributed by atoms with Crippen LogP contribution in [0.25, 0.3) is 0 Å². The molecule has 2 rings (SSSR count). The van der Waals surface area contributed by atoms with E-state index in [1.54, 1.807) is 24.5 Å². The van der Waals surface area contributed by atoms with Crippen LogP contribution in [0.5, 0.6) is 0 Å². The first kappa shape index (κ1) is 16.7. The second kappa shape index (κ2) is 8.11. The van der Waals surface area contributed by atoms with Crippen molar-refractivity contribution < 1.29 is 9.00 Å². The largest absolute Gasteiger partial charge is 0.326 e. The minimum Gasteiger partial charge on any atom is -0.326 e. The summed E-state index contributed by atoms with van der Waals surface area (Å²) in [6.07, 6.45) is 2.75. The number of rotatable bonds is 6. The molecule has 0 aliphatic heterocycles. The summed E-state index contributed by atoms with van der Waals surface area (Å²) in [6.45, 7) is 0. The SMILES string of the molecule is CS(=O)Cc1cc(NC(=O)CCc2ccccc2)ccc1Cl. The Labute approximate surface area is 138 Å². The van der Waals surface area contributed by atoms with Crippen molar-refractivity contribution in [2.24, 2.45) is 0 Å². The lowest BCUT2D eigenvalue weighted by atomic mass is 10.1. The fourth-order valence-electron chi connectivity index (χ4n) is 2.11. The van der Waals surface area contributed by atoms with E-state index in [1.807, 2.05) is 30.3 Å². The lowest BCUT2D eigenvalue weighted by Crippen LogP contribution is -2.12. The fourth-order valence-corrected chi connectivity index (χ4v) is 3.05. The van der Waals surface area contributed by atoms with E-state index in [1.165, 1.54) is 0 Å². The van der Waals surface area contributed by atoms with Gasteiger partial charge in [0.25, 0.3) is 0 Å². The molecule has 2 aromatic rings. The van der Waals surface area contributed by atoms with Gasteiger partial charge in [0.05, 0.1) is 0 Å². The number of halogens is 1. The molecular weight excluding hydrogens is 318 g/mol. The zero-order chi connectivity index (χ0) is 15.9. The molecule has 0 radical (unpaired) electrons. The average Bonchev–Trinajstić information content (AvgIpc) is 2.49. The third-order valence-corrected chi connectivity index (χ3v) is 4.26. The lowest BCUT2D eigenvalue weighted by molar-refractivity contribution is -0.116. The van der Waals surface area contributed by atoms with Crippen molar-refractivity contribution >= 4 is 34.0 Å². The number of nitrogens with one attached hydrogen (secondary N) is 1. The fraction of sp³-hybridized carbons (Fsp3) is 0.235. The molecule has 0 aliphatic rings. The molecular formula is C17H18ClNO2S. The van der Waals surface area contributed by atoms with Crippen LogP contribution in [0.1, 0.15) is 17.5 Å². The molecule has 0 fully saturated rings. The molecule has 116 valence electrons. The first-order valence-electron chi connectivity index (χ1n) is 6.97. The van der Waals surface area contributed by atoms with Gasteiger partial charge in [0, 0.05) is 39.9 Å². The van der Waals surface area contributed by atoms with Crippen LogP contribution in [0.15, 0.2) is 48.5 Å². The topological polar surface area (TPSA) is 46.2 Å². The predicted octanol–water partition coefficient (Wildman–Crippen LogP) is 3.79. The van der Waals surface area contributed by atoms with E-state index in [2.05, 4.69) is 5.32 Å². The smallest absolute Gasteiger partial charge is 0.224 e. The summed E-state index contributed by atoms with van der Waals surface area (Å²) in [4.78, 5) is 12.0. The van der Waals surface area contributed by atoms with Gasteiger partial charge in [0.2, 0.25) is 5.91 Å². The zero-order valence-electron chi connectivity index (χ0n) is 12.3. The maximum absolute atomic E-state index is 12.0. The number of anilines is 1. The van der Waals surface area contributed by atoms with Gasteiger partial charge in [-0.05, 0) is 35.7 Å². The normalized spacial score (nSPS) is 11.9. The van der Waals surface area contributed by atoms with E-state index in [0.717, 1.165) is 11.1 Å². The molecule has 1 amide bonds. The highest BCUT2D eigenvalue weighted by Crippen LogP contribution is 2.22. The van der Waals surface area contributed by atoms with E-state index in [0.29, 0.717) is 29.3 Å². The highest BCUT2D eigenvalue weighted by Gasteiger charge is 2.07. The molecule has 22 heavy (non-hydrogen) atoms. The summed E-state index contributed by atoms with van der Waals surface area (Å²) in [7, 11) is -0.973. The summed E-state index contributed by atoms with van der Waals surface area (Å²) in [5, 5.41) is 3.42. The van der Waals surface area contributed by atoms with E-state index < -0.39 is 10.8 Å². The monoisotopic (exact) mass is 335 g/mol. The molecule has 1 N–H and O–H groups in total. The number of aryl methyl sites for hydroxylation is 1. The molecule has 3 nitrogen and oxygen atoms in total. The number of benzene rings is 2. The number of amides is 1. The van der Waals surface area contributed by atoms with Gasteiger partial charge in [-0.1, -0.05) is 41.9 Å². The minimum absolute atomic E-state index is 0.0465. The summed E-state index contributed by atoms with van der Waals surface area (Å²) in [5.41, 5.74) is 2.60. The summed E-state index contributed by atoms with van der Waals surface area (Å²) in [6, 6.07) is 15.1. The number of hydrogen-bond acceptors (Lipinski definition) is 2. The maximum atomic E-state index is 12.0. The van der Waals surface area contributed by atoms with Crippen molar-refractivity contribution in [3.63, 3.8) is 0 Å². The number of carbonyl (C=O) groups excluding carboxylic acids is 1. The van der Waals surface area contributed by atoms with Crippen LogP contribution in [0, 0.1) is 0 Å². The zero-order valence-corrected chi connectivity index (χ0v) is 13.9.